The summed E-state index contributed by atoms with van der Waals surface area (Å²) in [6.07, 6.45) is -1.11. The van der Waals surface area contributed by atoms with Crippen LogP contribution in [-0.2, 0) is 19.1 Å². The van der Waals surface area contributed by atoms with E-state index in [4.69, 9.17) is 4.74 Å². The number of carbonyl (C=O) groups excluding carboxylic acids is 4. The standard InChI is InChI=1S/C18H23N3O5/c1-10-6-5-7-14(11(10)2)21-9-13(8-15(21)22)17(24)26-12(3)16(23)20-18(25)19-4/h5-7,12-13H,8-9H2,1-4H3,(H2,19,20,23,25)/t12-,13+/m0/s1. The minimum atomic E-state index is -1.13. The summed E-state index contributed by atoms with van der Waals surface area (Å²) in [6, 6.07) is 4.97. The molecule has 0 unspecified atom stereocenters. The van der Waals surface area contributed by atoms with Crippen molar-refractivity contribution in [1.29, 1.82) is 0 Å². The quantitative estimate of drug-likeness (QED) is 0.780. The van der Waals surface area contributed by atoms with Crippen LogP contribution >= 0.6 is 0 Å². The SMILES string of the molecule is CNC(=O)NC(=O)[C@H](C)OC(=O)[C@@H]1CC(=O)N(c2cccc(C)c2C)C1. The molecule has 0 aliphatic carbocycles. The molecule has 0 spiro atoms. The molecular weight excluding hydrogens is 338 g/mol. The highest BCUT2D eigenvalue weighted by Crippen LogP contribution is 2.30. The van der Waals surface area contributed by atoms with Crippen molar-refractivity contribution in [2.75, 3.05) is 18.5 Å². The number of nitrogens with zero attached hydrogens (tertiary/aromatic N) is 1. The zero-order chi connectivity index (χ0) is 19.4. The van der Waals surface area contributed by atoms with Gasteiger partial charge in [0.25, 0.3) is 5.91 Å². The second kappa shape index (κ2) is 7.99. The van der Waals surface area contributed by atoms with E-state index in [9.17, 15) is 19.2 Å². The Balaban J connectivity index is 2.01. The topological polar surface area (TPSA) is 105 Å². The molecule has 0 bridgehead atoms. The van der Waals surface area contributed by atoms with E-state index in [2.05, 4.69) is 5.32 Å². The van der Waals surface area contributed by atoms with Crippen molar-refractivity contribution in [3.05, 3.63) is 29.3 Å². The summed E-state index contributed by atoms with van der Waals surface area (Å²) in [5.41, 5.74) is 2.81. The number of amides is 4. The lowest BCUT2D eigenvalue weighted by Gasteiger charge is -2.20. The minimum Gasteiger partial charge on any atom is -0.452 e. The van der Waals surface area contributed by atoms with E-state index in [1.54, 1.807) is 4.90 Å². The number of hydrogen-bond donors (Lipinski definition) is 2. The third-order valence-electron chi connectivity index (χ3n) is 4.45. The summed E-state index contributed by atoms with van der Waals surface area (Å²) in [5.74, 6) is -2.18. The highest BCUT2D eigenvalue weighted by Gasteiger charge is 2.38. The zero-order valence-electron chi connectivity index (χ0n) is 15.3. The molecule has 1 fully saturated rings. The number of rotatable bonds is 4. The lowest BCUT2D eigenvalue weighted by atomic mass is 10.1. The molecule has 26 heavy (non-hydrogen) atoms. The molecule has 1 aliphatic heterocycles. The summed E-state index contributed by atoms with van der Waals surface area (Å²) >= 11 is 0. The van der Waals surface area contributed by atoms with Crippen molar-refractivity contribution in [1.82, 2.24) is 10.6 Å². The molecule has 0 radical (unpaired) electrons. The predicted molar refractivity (Wildman–Crippen MR) is 94.5 cm³/mol. The fourth-order valence-corrected chi connectivity index (χ4v) is 2.73. The van der Waals surface area contributed by atoms with Gasteiger partial charge in [-0.25, -0.2) is 4.79 Å². The Bertz CT molecular complexity index is 746. The first-order valence-corrected chi connectivity index (χ1v) is 8.34. The van der Waals surface area contributed by atoms with Crippen LogP contribution in [0.15, 0.2) is 18.2 Å². The number of anilines is 1. The molecule has 1 saturated heterocycles. The van der Waals surface area contributed by atoms with Gasteiger partial charge >= 0.3 is 12.0 Å². The van der Waals surface area contributed by atoms with E-state index < -0.39 is 29.9 Å². The zero-order valence-corrected chi connectivity index (χ0v) is 15.3. The maximum atomic E-state index is 12.3. The third-order valence-corrected chi connectivity index (χ3v) is 4.45. The molecule has 2 rings (SSSR count). The molecule has 140 valence electrons. The summed E-state index contributed by atoms with van der Waals surface area (Å²) in [7, 11) is 1.37. The largest absolute Gasteiger partial charge is 0.452 e. The molecule has 2 atom stereocenters. The lowest BCUT2D eigenvalue weighted by Crippen LogP contribution is -2.44. The number of hydrogen-bond acceptors (Lipinski definition) is 5. The maximum Gasteiger partial charge on any atom is 0.321 e. The highest BCUT2D eigenvalue weighted by molar-refractivity contribution is 6.01. The Labute approximate surface area is 151 Å². The van der Waals surface area contributed by atoms with E-state index >= 15 is 0 Å². The van der Waals surface area contributed by atoms with Crippen LogP contribution in [0.4, 0.5) is 10.5 Å². The Morgan fingerprint density at radius 2 is 1.96 bits per heavy atom. The second-order valence-corrected chi connectivity index (χ2v) is 6.27. The Morgan fingerprint density at radius 3 is 2.62 bits per heavy atom. The number of ether oxygens (including phenoxy) is 1. The Hall–Kier alpha value is -2.90. The predicted octanol–water partition coefficient (Wildman–Crippen LogP) is 1.04. The number of carbonyl (C=O) groups is 4. The second-order valence-electron chi connectivity index (χ2n) is 6.27. The molecule has 0 aromatic heterocycles. The molecule has 1 aromatic carbocycles. The van der Waals surface area contributed by atoms with Crippen LogP contribution < -0.4 is 15.5 Å². The van der Waals surface area contributed by atoms with Crippen LogP contribution in [0, 0.1) is 19.8 Å². The molecule has 8 nitrogen and oxygen atoms in total. The van der Waals surface area contributed by atoms with E-state index in [0.29, 0.717) is 0 Å². The van der Waals surface area contributed by atoms with Gasteiger partial charge in [0.2, 0.25) is 5.91 Å². The average Bonchev–Trinajstić information content (AvgIpc) is 2.98. The van der Waals surface area contributed by atoms with Gasteiger partial charge in [-0.1, -0.05) is 12.1 Å². The van der Waals surface area contributed by atoms with Crippen LogP contribution in [0.1, 0.15) is 24.5 Å². The van der Waals surface area contributed by atoms with Crippen molar-refractivity contribution in [2.24, 2.45) is 5.92 Å². The molecule has 2 N–H and O–H groups in total. The third kappa shape index (κ3) is 4.19. The van der Waals surface area contributed by atoms with Gasteiger partial charge in [-0.05, 0) is 38.0 Å². The molecule has 4 amide bonds. The van der Waals surface area contributed by atoms with Crippen LogP contribution in [0.25, 0.3) is 0 Å². The Morgan fingerprint density at radius 1 is 1.27 bits per heavy atom. The van der Waals surface area contributed by atoms with Crippen molar-refractivity contribution in [3.8, 4) is 0 Å². The summed E-state index contributed by atoms with van der Waals surface area (Å²) in [4.78, 5) is 49.1. The lowest BCUT2D eigenvalue weighted by molar-refractivity contribution is -0.158. The number of nitrogens with one attached hydrogen (secondary N) is 2. The van der Waals surface area contributed by atoms with Crippen molar-refractivity contribution in [2.45, 2.75) is 33.3 Å². The minimum absolute atomic E-state index is 0.0238. The van der Waals surface area contributed by atoms with Gasteiger partial charge in [-0.2, -0.15) is 0 Å². The van der Waals surface area contributed by atoms with Crippen molar-refractivity contribution >= 4 is 29.5 Å². The first kappa shape index (κ1) is 19.4. The summed E-state index contributed by atoms with van der Waals surface area (Å²) in [6.45, 7) is 5.45. The number of imide groups is 1. The van der Waals surface area contributed by atoms with Crippen LogP contribution in [0.5, 0.6) is 0 Å². The molecule has 0 saturated carbocycles. The first-order chi connectivity index (χ1) is 12.2. The van der Waals surface area contributed by atoms with E-state index in [-0.39, 0.29) is 18.9 Å². The van der Waals surface area contributed by atoms with Crippen LogP contribution in [0.2, 0.25) is 0 Å². The number of aryl methyl sites for hydroxylation is 1. The van der Waals surface area contributed by atoms with Gasteiger partial charge in [0.05, 0.1) is 5.92 Å². The number of esters is 1. The van der Waals surface area contributed by atoms with E-state index in [0.717, 1.165) is 16.8 Å². The first-order valence-electron chi connectivity index (χ1n) is 8.34. The molecule has 8 heteroatoms. The number of urea groups is 1. The fourth-order valence-electron chi connectivity index (χ4n) is 2.73. The normalized spacial score (nSPS) is 17.6. The van der Waals surface area contributed by atoms with Gasteiger partial charge in [-0.3, -0.25) is 19.7 Å². The summed E-state index contributed by atoms with van der Waals surface area (Å²) < 4.78 is 5.12. The smallest absolute Gasteiger partial charge is 0.321 e. The molecular formula is C18H23N3O5. The highest BCUT2D eigenvalue weighted by atomic mass is 16.5. The van der Waals surface area contributed by atoms with E-state index in [1.165, 1.54) is 14.0 Å². The molecule has 1 heterocycles. The van der Waals surface area contributed by atoms with Crippen LogP contribution in [-0.4, -0.2) is 43.5 Å². The molecule has 1 aromatic rings. The Kier molecular flexibility index (Phi) is 5.97. The van der Waals surface area contributed by atoms with Crippen LogP contribution in [0.3, 0.4) is 0 Å². The van der Waals surface area contributed by atoms with E-state index in [1.807, 2.05) is 37.4 Å². The summed E-state index contributed by atoms with van der Waals surface area (Å²) in [5, 5.41) is 4.27. The molecule has 1 aliphatic rings. The maximum absolute atomic E-state index is 12.3. The average molecular weight is 361 g/mol. The van der Waals surface area contributed by atoms with Gasteiger partial charge in [0, 0.05) is 25.7 Å². The number of benzene rings is 1. The fraction of sp³-hybridized carbons (Fsp3) is 0.444. The monoisotopic (exact) mass is 361 g/mol. The van der Waals surface area contributed by atoms with Crippen molar-refractivity contribution < 1.29 is 23.9 Å². The van der Waals surface area contributed by atoms with Gasteiger partial charge in [-0.15, -0.1) is 0 Å². The van der Waals surface area contributed by atoms with Gasteiger partial charge in [0.1, 0.15) is 0 Å². The van der Waals surface area contributed by atoms with Gasteiger partial charge in [0.15, 0.2) is 6.10 Å². The van der Waals surface area contributed by atoms with Crippen molar-refractivity contribution in [3.63, 3.8) is 0 Å². The van der Waals surface area contributed by atoms with Gasteiger partial charge < -0.3 is 15.0 Å².